The molecule has 6 nitrogen and oxygen atoms in total. The first-order valence-corrected chi connectivity index (χ1v) is 6.75. The number of nitrogens with two attached hydrogens (primary N) is 2. The van der Waals surface area contributed by atoms with Gasteiger partial charge in [-0.05, 0) is 23.3 Å². The lowest BCUT2D eigenvalue weighted by Gasteiger charge is -2.15. The van der Waals surface area contributed by atoms with Crippen LogP contribution >= 0.6 is 0 Å². The summed E-state index contributed by atoms with van der Waals surface area (Å²) in [6.07, 6.45) is 7.09. The summed E-state index contributed by atoms with van der Waals surface area (Å²) in [7, 11) is 5.82. The van der Waals surface area contributed by atoms with Gasteiger partial charge in [0.1, 0.15) is 0 Å². The summed E-state index contributed by atoms with van der Waals surface area (Å²) in [4.78, 5) is 9.97. The van der Waals surface area contributed by atoms with Crippen LogP contribution in [0.2, 0.25) is 0 Å². The molecule has 2 aromatic heterocycles. The highest BCUT2D eigenvalue weighted by atomic mass is 15.1. The van der Waals surface area contributed by atoms with Crippen LogP contribution < -0.4 is 21.7 Å². The van der Waals surface area contributed by atoms with Crippen molar-refractivity contribution in [3.05, 3.63) is 48.0 Å². The Bertz CT molecular complexity index is 518. The van der Waals surface area contributed by atoms with Crippen molar-refractivity contribution in [2.75, 3.05) is 31.4 Å². The van der Waals surface area contributed by atoms with E-state index >= 15 is 0 Å². The Morgan fingerprint density at radius 3 is 2.00 bits per heavy atom. The van der Waals surface area contributed by atoms with Crippen molar-refractivity contribution in [1.82, 2.24) is 9.97 Å². The molecular weight excluding hydrogens is 264 g/mol. The molecule has 0 atom stereocenters. The largest absolute Gasteiger partial charge is 0.387 e. The van der Waals surface area contributed by atoms with E-state index in [1.54, 1.807) is 18.6 Å². The van der Waals surface area contributed by atoms with Crippen LogP contribution in [0.4, 0.5) is 11.4 Å². The van der Waals surface area contributed by atoms with Gasteiger partial charge in [-0.25, -0.2) is 0 Å². The smallest absolute Gasteiger partial charge is 0.0593 e. The van der Waals surface area contributed by atoms with Crippen LogP contribution in [0.25, 0.3) is 0 Å². The zero-order chi connectivity index (χ0) is 15.7. The van der Waals surface area contributed by atoms with Crippen LogP contribution in [-0.4, -0.2) is 31.1 Å². The lowest BCUT2D eigenvalue weighted by Crippen LogP contribution is -2.13. The van der Waals surface area contributed by atoms with E-state index in [0.717, 1.165) is 22.5 Å². The van der Waals surface area contributed by atoms with Crippen LogP contribution in [0, 0.1) is 0 Å². The Morgan fingerprint density at radius 1 is 1.00 bits per heavy atom. The zero-order valence-corrected chi connectivity index (χ0v) is 12.9. The molecule has 0 aliphatic rings. The molecule has 0 fully saturated rings. The van der Waals surface area contributed by atoms with Crippen molar-refractivity contribution in [2.24, 2.45) is 11.5 Å². The van der Waals surface area contributed by atoms with Crippen LogP contribution in [0.15, 0.2) is 36.9 Å². The fourth-order valence-corrected chi connectivity index (χ4v) is 1.82. The number of nitrogens with one attached hydrogen (secondary N) is 1. The summed E-state index contributed by atoms with van der Waals surface area (Å²) in [5.41, 5.74) is 15.3. The monoisotopic (exact) mass is 288 g/mol. The first kappa shape index (κ1) is 16.9. The summed E-state index contributed by atoms with van der Waals surface area (Å²) in [6.45, 7) is 1.12. The van der Waals surface area contributed by atoms with Crippen molar-refractivity contribution in [2.45, 2.75) is 13.1 Å². The average Bonchev–Trinajstić information content (AvgIpc) is 2.55. The topological polar surface area (TPSA) is 93.1 Å². The Kier molecular flexibility index (Phi) is 7.14. The van der Waals surface area contributed by atoms with Gasteiger partial charge in [-0.15, -0.1) is 0 Å². The van der Waals surface area contributed by atoms with Gasteiger partial charge in [-0.1, -0.05) is 0 Å². The number of hydrogen-bond donors (Lipinski definition) is 3. The van der Waals surface area contributed by atoms with Gasteiger partial charge in [0.2, 0.25) is 0 Å². The molecule has 114 valence electrons. The minimum Gasteiger partial charge on any atom is -0.387 e. The second kappa shape index (κ2) is 8.89. The van der Waals surface area contributed by atoms with Gasteiger partial charge >= 0.3 is 0 Å². The van der Waals surface area contributed by atoms with Crippen molar-refractivity contribution >= 4 is 11.4 Å². The van der Waals surface area contributed by atoms with E-state index in [-0.39, 0.29) is 0 Å². The third-order valence-corrected chi connectivity index (χ3v) is 2.99. The van der Waals surface area contributed by atoms with E-state index in [1.165, 1.54) is 0 Å². The number of pyridine rings is 2. The molecule has 0 bridgehead atoms. The van der Waals surface area contributed by atoms with Gasteiger partial charge in [0.05, 0.1) is 23.8 Å². The van der Waals surface area contributed by atoms with Crippen LogP contribution in [0.5, 0.6) is 0 Å². The third-order valence-electron chi connectivity index (χ3n) is 2.99. The lowest BCUT2D eigenvalue weighted by atomic mass is 10.2. The quantitative estimate of drug-likeness (QED) is 0.782. The van der Waals surface area contributed by atoms with E-state index in [2.05, 4.69) is 15.3 Å². The minimum atomic E-state index is 0.554. The third kappa shape index (κ3) is 5.02. The number of aromatic nitrogens is 2. The highest BCUT2D eigenvalue weighted by Crippen LogP contribution is 2.14. The average molecular weight is 288 g/mol. The van der Waals surface area contributed by atoms with Gasteiger partial charge in [0, 0.05) is 46.6 Å². The van der Waals surface area contributed by atoms with Crippen molar-refractivity contribution in [1.29, 1.82) is 0 Å². The molecule has 0 saturated carbocycles. The van der Waals surface area contributed by atoms with E-state index in [9.17, 15) is 0 Å². The van der Waals surface area contributed by atoms with E-state index in [1.807, 2.05) is 44.4 Å². The molecule has 6 heteroatoms. The SMILES string of the molecule is CN(C)c1cnccc1CN.CNc1cnccc1CN. The molecule has 0 radical (unpaired) electrons. The summed E-state index contributed by atoms with van der Waals surface area (Å²) >= 11 is 0. The summed E-state index contributed by atoms with van der Waals surface area (Å²) < 4.78 is 0. The highest BCUT2D eigenvalue weighted by molar-refractivity contribution is 5.50. The van der Waals surface area contributed by atoms with Crippen LogP contribution in [0.1, 0.15) is 11.1 Å². The Morgan fingerprint density at radius 2 is 1.57 bits per heavy atom. The number of anilines is 2. The zero-order valence-electron chi connectivity index (χ0n) is 12.9. The van der Waals surface area contributed by atoms with Gasteiger partial charge in [-0.2, -0.15) is 0 Å². The molecule has 0 unspecified atom stereocenters. The van der Waals surface area contributed by atoms with Gasteiger partial charge < -0.3 is 21.7 Å². The molecule has 0 aliphatic carbocycles. The molecule has 5 N–H and O–H groups in total. The van der Waals surface area contributed by atoms with E-state index in [0.29, 0.717) is 13.1 Å². The molecule has 0 amide bonds. The Labute approximate surface area is 126 Å². The van der Waals surface area contributed by atoms with E-state index < -0.39 is 0 Å². The predicted molar refractivity (Wildman–Crippen MR) is 88.1 cm³/mol. The van der Waals surface area contributed by atoms with Gasteiger partial charge in [0.25, 0.3) is 0 Å². The molecule has 2 rings (SSSR count). The molecule has 0 spiro atoms. The first-order chi connectivity index (χ1) is 10.1. The minimum absolute atomic E-state index is 0.554. The molecule has 2 aromatic rings. The second-order valence-corrected chi connectivity index (χ2v) is 4.59. The normalized spacial score (nSPS) is 9.57. The van der Waals surface area contributed by atoms with Crippen molar-refractivity contribution < 1.29 is 0 Å². The molecule has 21 heavy (non-hydrogen) atoms. The van der Waals surface area contributed by atoms with Gasteiger partial charge in [0.15, 0.2) is 0 Å². The summed E-state index contributed by atoms with van der Waals surface area (Å²) in [6, 6.07) is 3.85. The summed E-state index contributed by atoms with van der Waals surface area (Å²) in [5.74, 6) is 0. The molecule has 0 saturated heterocycles. The summed E-state index contributed by atoms with van der Waals surface area (Å²) in [5, 5.41) is 3.00. The number of hydrogen-bond acceptors (Lipinski definition) is 6. The predicted octanol–water partition coefficient (Wildman–Crippen LogP) is 1.19. The Balaban J connectivity index is 0.000000211. The van der Waals surface area contributed by atoms with Crippen molar-refractivity contribution in [3.63, 3.8) is 0 Å². The molecular formula is C15H24N6. The maximum absolute atomic E-state index is 5.53. The second-order valence-electron chi connectivity index (χ2n) is 4.59. The Hall–Kier alpha value is -2.18. The first-order valence-electron chi connectivity index (χ1n) is 6.75. The van der Waals surface area contributed by atoms with Crippen LogP contribution in [0.3, 0.4) is 0 Å². The fourth-order valence-electron chi connectivity index (χ4n) is 1.82. The molecule has 0 aromatic carbocycles. The molecule has 2 heterocycles. The number of nitrogens with zero attached hydrogens (tertiary/aromatic N) is 3. The van der Waals surface area contributed by atoms with Crippen LogP contribution in [-0.2, 0) is 13.1 Å². The number of rotatable bonds is 4. The van der Waals surface area contributed by atoms with E-state index in [4.69, 9.17) is 11.5 Å². The molecule has 0 aliphatic heterocycles. The van der Waals surface area contributed by atoms with Crippen molar-refractivity contribution in [3.8, 4) is 0 Å². The maximum Gasteiger partial charge on any atom is 0.0593 e. The fraction of sp³-hybridized carbons (Fsp3) is 0.333. The van der Waals surface area contributed by atoms with Gasteiger partial charge in [-0.3, -0.25) is 9.97 Å². The lowest BCUT2D eigenvalue weighted by molar-refractivity contribution is 1.01. The maximum atomic E-state index is 5.53. The standard InChI is InChI=1S/C8H13N3.C7H11N3/c1-11(2)8-6-10-4-3-7(8)5-9;1-9-7-5-10-3-2-6(7)4-8/h3-4,6H,5,9H2,1-2H3;2-3,5,9H,4,8H2,1H3. The highest BCUT2D eigenvalue weighted by Gasteiger charge is 2.00.